The van der Waals surface area contributed by atoms with Crippen LogP contribution in [0.15, 0.2) is 37.2 Å². The Labute approximate surface area is 122 Å². The van der Waals surface area contributed by atoms with Gasteiger partial charge in [0.25, 0.3) is 0 Å². The summed E-state index contributed by atoms with van der Waals surface area (Å²) < 4.78 is 0. The Bertz CT molecular complexity index is 704. The van der Waals surface area contributed by atoms with Gasteiger partial charge in [-0.25, -0.2) is 4.98 Å². The van der Waals surface area contributed by atoms with Gasteiger partial charge in [0.05, 0.1) is 6.04 Å². The third kappa shape index (κ3) is 2.59. The van der Waals surface area contributed by atoms with Gasteiger partial charge in [-0.2, -0.15) is 0 Å². The van der Waals surface area contributed by atoms with Gasteiger partial charge in [-0.15, -0.1) is 0 Å². The number of H-pyrrole nitrogens is 1. The van der Waals surface area contributed by atoms with Crippen LogP contribution >= 0.6 is 0 Å². The minimum Gasteiger partial charge on any atom is -0.346 e. The molecule has 0 saturated carbocycles. The van der Waals surface area contributed by atoms with Gasteiger partial charge in [0.15, 0.2) is 5.78 Å². The molecule has 1 fully saturated rings. The number of carbonyl (C=O) groups is 2. The minimum atomic E-state index is -0.322. The minimum absolute atomic E-state index is 0.0689. The molecule has 0 spiro atoms. The van der Waals surface area contributed by atoms with Crippen molar-refractivity contribution in [1.29, 1.82) is 0 Å². The molecule has 1 aliphatic rings. The Balaban J connectivity index is 1.75. The highest BCUT2D eigenvalue weighted by atomic mass is 16.2. The van der Waals surface area contributed by atoms with Gasteiger partial charge >= 0.3 is 0 Å². The third-order valence-corrected chi connectivity index (χ3v) is 3.92. The molecule has 0 radical (unpaired) electrons. The van der Waals surface area contributed by atoms with E-state index in [9.17, 15) is 9.59 Å². The van der Waals surface area contributed by atoms with Gasteiger partial charge in [-0.1, -0.05) is 6.58 Å². The number of carbonyl (C=O) groups excluding carboxylic acids is 2. The molecule has 2 aromatic rings. The summed E-state index contributed by atoms with van der Waals surface area (Å²) in [4.78, 5) is 33.2. The van der Waals surface area contributed by atoms with Crippen LogP contribution in [0.3, 0.4) is 0 Å². The van der Waals surface area contributed by atoms with Crippen molar-refractivity contribution in [2.45, 2.75) is 25.3 Å². The molecular weight excluding hydrogens is 266 g/mol. The number of aromatic nitrogens is 2. The standard InChI is InChI=1S/C16H17N3O2/c1-2-15(21)19-7-3-4-13(19)14(20)9-11-8-12-5-6-17-16(12)18-10-11/h2,5-6,8,10,13H,1,3-4,7,9H2,(H,17,18). The second-order valence-electron chi connectivity index (χ2n) is 5.30. The number of fused-ring (bicyclic) bond motifs is 1. The Hall–Kier alpha value is -2.43. The molecule has 1 atom stereocenters. The van der Waals surface area contributed by atoms with Crippen molar-refractivity contribution < 1.29 is 9.59 Å². The van der Waals surface area contributed by atoms with Crippen LogP contribution in [0.25, 0.3) is 11.0 Å². The molecule has 5 heteroatoms. The molecule has 3 heterocycles. The van der Waals surface area contributed by atoms with Crippen molar-refractivity contribution in [2.75, 3.05) is 6.54 Å². The number of hydrogen-bond donors (Lipinski definition) is 1. The number of pyridine rings is 1. The quantitative estimate of drug-likeness (QED) is 0.871. The summed E-state index contributed by atoms with van der Waals surface area (Å²) in [7, 11) is 0. The lowest BCUT2D eigenvalue weighted by atomic mass is 10.0. The van der Waals surface area contributed by atoms with Gasteiger partial charge < -0.3 is 9.88 Å². The van der Waals surface area contributed by atoms with E-state index in [4.69, 9.17) is 0 Å². The molecule has 3 rings (SSSR count). The van der Waals surface area contributed by atoms with Gasteiger partial charge in [0, 0.05) is 30.7 Å². The monoisotopic (exact) mass is 283 g/mol. The Morgan fingerprint density at radius 3 is 3.19 bits per heavy atom. The zero-order chi connectivity index (χ0) is 14.8. The van der Waals surface area contributed by atoms with Crippen molar-refractivity contribution >= 4 is 22.7 Å². The smallest absolute Gasteiger partial charge is 0.246 e. The van der Waals surface area contributed by atoms with Gasteiger partial charge in [0.1, 0.15) is 5.65 Å². The summed E-state index contributed by atoms with van der Waals surface area (Å²) in [6.45, 7) is 4.13. The molecule has 0 aromatic carbocycles. The Morgan fingerprint density at radius 1 is 1.52 bits per heavy atom. The zero-order valence-corrected chi connectivity index (χ0v) is 11.7. The van der Waals surface area contributed by atoms with Crippen LogP contribution in [-0.4, -0.2) is 39.1 Å². The van der Waals surface area contributed by atoms with Crippen LogP contribution in [-0.2, 0) is 16.0 Å². The first-order valence-corrected chi connectivity index (χ1v) is 7.07. The summed E-state index contributed by atoms with van der Waals surface area (Å²) in [5.74, 6) is -0.0931. The van der Waals surface area contributed by atoms with E-state index in [1.807, 2.05) is 18.3 Å². The van der Waals surface area contributed by atoms with Crippen LogP contribution in [0.4, 0.5) is 0 Å². The van der Waals surface area contributed by atoms with E-state index in [1.165, 1.54) is 6.08 Å². The average Bonchev–Trinajstić information content (AvgIpc) is 3.14. The Kier molecular flexibility index (Phi) is 3.56. The number of nitrogens with zero attached hydrogens (tertiary/aromatic N) is 2. The average molecular weight is 283 g/mol. The first-order valence-electron chi connectivity index (χ1n) is 7.07. The summed E-state index contributed by atoms with van der Waals surface area (Å²) in [6, 6.07) is 3.57. The normalized spacial score (nSPS) is 18.1. The number of aromatic amines is 1. The van der Waals surface area contributed by atoms with Crippen LogP contribution in [0, 0.1) is 0 Å². The predicted octanol–water partition coefficient (Wildman–Crippen LogP) is 1.85. The van der Waals surface area contributed by atoms with Crippen molar-refractivity contribution in [3.63, 3.8) is 0 Å². The lowest BCUT2D eigenvalue weighted by molar-refractivity contribution is -0.133. The summed E-state index contributed by atoms with van der Waals surface area (Å²) in [5.41, 5.74) is 1.69. The molecule has 1 N–H and O–H groups in total. The molecule has 0 aliphatic carbocycles. The molecule has 2 aromatic heterocycles. The number of nitrogens with one attached hydrogen (secondary N) is 1. The van der Waals surface area contributed by atoms with Crippen LogP contribution in [0.5, 0.6) is 0 Å². The predicted molar refractivity (Wildman–Crippen MR) is 79.7 cm³/mol. The highest BCUT2D eigenvalue weighted by molar-refractivity contribution is 5.94. The van der Waals surface area contributed by atoms with Crippen molar-refractivity contribution in [2.24, 2.45) is 0 Å². The number of hydrogen-bond acceptors (Lipinski definition) is 3. The SMILES string of the molecule is C=CC(=O)N1CCCC1C(=O)Cc1cnc2[nH]ccc2c1. The van der Waals surface area contributed by atoms with E-state index in [1.54, 1.807) is 11.1 Å². The molecule has 1 unspecified atom stereocenters. The van der Waals surface area contributed by atoms with Crippen LogP contribution in [0.1, 0.15) is 18.4 Å². The summed E-state index contributed by atoms with van der Waals surface area (Å²) in [6.07, 6.45) is 6.72. The van der Waals surface area contributed by atoms with E-state index in [0.717, 1.165) is 29.4 Å². The van der Waals surface area contributed by atoms with Gasteiger partial charge in [0.2, 0.25) is 5.91 Å². The molecule has 5 nitrogen and oxygen atoms in total. The lowest BCUT2D eigenvalue weighted by Gasteiger charge is -2.22. The molecular formula is C16H17N3O2. The third-order valence-electron chi connectivity index (χ3n) is 3.92. The van der Waals surface area contributed by atoms with E-state index in [2.05, 4.69) is 16.5 Å². The Morgan fingerprint density at radius 2 is 2.38 bits per heavy atom. The maximum Gasteiger partial charge on any atom is 0.246 e. The largest absolute Gasteiger partial charge is 0.346 e. The fourth-order valence-corrected chi connectivity index (χ4v) is 2.88. The second-order valence-corrected chi connectivity index (χ2v) is 5.30. The highest BCUT2D eigenvalue weighted by Crippen LogP contribution is 2.20. The van der Waals surface area contributed by atoms with E-state index in [0.29, 0.717) is 13.0 Å². The highest BCUT2D eigenvalue weighted by Gasteiger charge is 2.32. The molecule has 1 amide bonds. The fourth-order valence-electron chi connectivity index (χ4n) is 2.88. The molecule has 1 saturated heterocycles. The maximum atomic E-state index is 12.5. The van der Waals surface area contributed by atoms with Crippen LogP contribution in [0.2, 0.25) is 0 Å². The number of rotatable bonds is 4. The fraction of sp³-hybridized carbons (Fsp3) is 0.312. The number of ketones is 1. The van der Waals surface area contributed by atoms with Crippen molar-refractivity contribution in [3.05, 3.63) is 42.7 Å². The first kappa shape index (κ1) is 13.5. The van der Waals surface area contributed by atoms with Gasteiger partial charge in [-0.05, 0) is 36.6 Å². The summed E-state index contributed by atoms with van der Waals surface area (Å²) in [5, 5.41) is 0.991. The second kappa shape index (κ2) is 5.52. The number of amides is 1. The van der Waals surface area contributed by atoms with E-state index < -0.39 is 0 Å². The number of Topliss-reactive ketones (excluding diaryl/α,β-unsaturated/α-hetero) is 1. The molecule has 108 valence electrons. The van der Waals surface area contributed by atoms with Crippen molar-refractivity contribution in [1.82, 2.24) is 14.9 Å². The van der Waals surface area contributed by atoms with Crippen molar-refractivity contribution in [3.8, 4) is 0 Å². The lowest BCUT2D eigenvalue weighted by Crippen LogP contribution is -2.40. The zero-order valence-electron chi connectivity index (χ0n) is 11.7. The topological polar surface area (TPSA) is 66.1 Å². The molecule has 0 bridgehead atoms. The summed E-state index contributed by atoms with van der Waals surface area (Å²) >= 11 is 0. The number of likely N-dealkylation sites (tertiary alicyclic amines) is 1. The maximum absolute atomic E-state index is 12.5. The first-order chi connectivity index (χ1) is 10.2. The van der Waals surface area contributed by atoms with Gasteiger partial charge in [-0.3, -0.25) is 9.59 Å². The molecule has 21 heavy (non-hydrogen) atoms. The van der Waals surface area contributed by atoms with E-state index >= 15 is 0 Å². The van der Waals surface area contributed by atoms with Crippen LogP contribution < -0.4 is 0 Å². The van der Waals surface area contributed by atoms with E-state index in [-0.39, 0.29) is 17.7 Å². The molecule has 1 aliphatic heterocycles.